The van der Waals surface area contributed by atoms with Gasteiger partial charge in [0.2, 0.25) is 15.9 Å². The van der Waals surface area contributed by atoms with Crippen molar-refractivity contribution in [1.29, 1.82) is 0 Å². The second kappa shape index (κ2) is 10.3. The van der Waals surface area contributed by atoms with E-state index < -0.39 is 21.9 Å². The molecule has 1 saturated carbocycles. The zero-order chi connectivity index (χ0) is 28.0. The van der Waals surface area contributed by atoms with E-state index in [1.165, 1.54) is 30.3 Å². The van der Waals surface area contributed by atoms with Crippen molar-refractivity contribution in [3.05, 3.63) is 113 Å². The van der Waals surface area contributed by atoms with Crippen molar-refractivity contribution in [3.63, 3.8) is 0 Å². The van der Waals surface area contributed by atoms with Crippen molar-refractivity contribution in [2.75, 3.05) is 4.90 Å². The first kappa shape index (κ1) is 26.3. The molecule has 1 fully saturated rings. The minimum absolute atomic E-state index is 0.0627. The first-order valence-electron chi connectivity index (χ1n) is 13.1. The van der Waals surface area contributed by atoms with Crippen LogP contribution in [0.4, 0.5) is 14.5 Å². The Morgan fingerprint density at radius 2 is 1.85 bits per heavy atom. The lowest BCUT2D eigenvalue weighted by molar-refractivity contribution is -0.120. The van der Waals surface area contributed by atoms with Crippen LogP contribution in [-0.2, 0) is 34.8 Å². The van der Waals surface area contributed by atoms with Crippen LogP contribution in [0.3, 0.4) is 0 Å². The molecule has 40 heavy (non-hydrogen) atoms. The van der Waals surface area contributed by atoms with Gasteiger partial charge in [-0.25, -0.2) is 26.9 Å². The molecule has 0 unspecified atom stereocenters. The first-order valence-corrected chi connectivity index (χ1v) is 14.6. The van der Waals surface area contributed by atoms with Crippen molar-refractivity contribution in [1.82, 2.24) is 14.3 Å². The number of nitrogens with one attached hydrogen (secondary N) is 1. The van der Waals surface area contributed by atoms with Crippen molar-refractivity contribution < 1.29 is 22.0 Å². The molecule has 7 nitrogen and oxygen atoms in total. The predicted octanol–water partition coefficient (Wildman–Crippen LogP) is 5.00. The van der Waals surface area contributed by atoms with E-state index in [1.807, 2.05) is 42.1 Å². The molecule has 4 aromatic rings. The quantitative estimate of drug-likeness (QED) is 0.328. The van der Waals surface area contributed by atoms with E-state index in [1.54, 1.807) is 17.2 Å². The van der Waals surface area contributed by atoms with Gasteiger partial charge >= 0.3 is 0 Å². The van der Waals surface area contributed by atoms with Crippen molar-refractivity contribution in [3.8, 4) is 0 Å². The second-order valence-corrected chi connectivity index (χ2v) is 12.1. The number of aryl methyl sites for hydroxylation is 2. The fourth-order valence-electron chi connectivity index (χ4n) is 5.53. The summed E-state index contributed by atoms with van der Waals surface area (Å²) in [5, 5.41) is 0. The number of aromatic nitrogens is 2. The Balaban J connectivity index is 1.30. The molecule has 6 rings (SSSR count). The number of benzene rings is 3. The third kappa shape index (κ3) is 5.16. The van der Waals surface area contributed by atoms with Crippen molar-refractivity contribution in [2.45, 2.75) is 42.7 Å². The average Bonchev–Trinajstić information content (AvgIpc) is 3.50. The summed E-state index contributed by atoms with van der Waals surface area (Å²) in [6, 6.07) is 16.4. The predicted molar refractivity (Wildman–Crippen MR) is 146 cm³/mol. The van der Waals surface area contributed by atoms with Gasteiger partial charge in [0, 0.05) is 37.1 Å². The molecule has 0 saturated heterocycles. The summed E-state index contributed by atoms with van der Waals surface area (Å²) in [5.41, 5.74) is 3.21. The summed E-state index contributed by atoms with van der Waals surface area (Å²) in [6.45, 7) is 0.229. The second-order valence-electron chi connectivity index (χ2n) is 10.4. The molecule has 0 radical (unpaired) electrons. The zero-order valence-electron chi connectivity index (χ0n) is 21.8. The standard InChI is InChI=1S/C30H28F2N4O3S/c1-35-13-12-33-29(35)18-36(30(37)27-17-25(27)20-4-2-5-21(31)14-20)23-10-8-19-9-11-28(26(19)16-23)34-40(38,39)24-7-3-6-22(32)15-24/h2-8,10,12-16,25,27-28,34H,9,11,17-18H2,1H3/t25-,27-,28+/m1/s1. The molecule has 2 aliphatic rings. The molecule has 3 atom stereocenters. The fourth-order valence-corrected chi connectivity index (χ4v) is 6.81. The smallest absolute Gasteiger partial charge is 0.241 e. The van der Waals surface area contributed by atoms with Crippen LogP contribution >= 0.6 is 0 Å². The van der Waals surface area contributed by atoms with Gasteiger partial charge in [0.25, 0.3) is 0 Å². The number of fused-ring (bicyclic) bond motifs is 1. The van der Waals surface area contributed by atoms with Gasteiger partial charge < -0.3 is 9.47 Å². The first-order chi connectivity index (χ1) is 19.2. The maximum Gasteiger partial charge on any atom is 0.241 e. The van der Waals surface area contributed by atoms with Crippen LogP contribution < -0.4 is 9.62 Å². The van der Waals surface area contributed by atoms with Crippen LogP contribution in [0.25, 0.3) is 0 Å². The number of rotatable bonds is 8. The summed E-state index contributed by atoms with van der Waals surface area (Å²) in [5.74, 6) is -0.708. The molecule has 0 aliphatic heterocycles. The number of hydrogen-bond donors (Lipinski definition) is 1. The van der Waals surface area contributed by atoms with E-state index in [4.69, 9.17) is 0 Å². The molecule has 0 spiro atoms. The number of halogens is 2. The fraction of sp³-hybridized carbons (Fsp3) is 0.267. The Hall–Kier alpha value is -3.89. The highest BCUT2D eigenvalue weighted by Crippen LogP contribution is 2.49. The molecule has 2 aliphatic carbocycles. The van der Waals surface area contributed by atoms with Gasteiger partial charge in [-0.1, -0.05) is 24.3 Å². The van der Waals surface area contributed by atoms with E-state index in [-0.39, 0.29) is 35.0 Å². The molecule has 1 amide bonds. The number of nitrogens with zero attached hydrogens (tertiary/aromatic N) is 3. The van der Waals surface area contributed by atoms with Gasteiger partial charge in [0.1, 0.15) is 17.5 Å². The van der Waals surface area contributed by atoms with E-state index in [0.717, 1.165) is 22.8 Å². The highest BCUT2D eigenvalue weighted by atomic mass is 32.2. The number of anilines is 1. The normalized spacial score (nSPS) is 19.8. The highest BCUT2D eigenvalue weighted by molar-refractivity contribution is 7.89. The number of hydrogen-bond acceptors (Lipinski definition) is 4. The van der Waals surface area contributed by atoms with Crippen LogP contribution in [0.15, 0.2) is 84.0 Å². The maximum atomic E-state index is 13.9. The van der Waals surface area contributed by atoms with E-state index >= 15 is 0 Å². The highest BCUT2D eigenvalue weighted by Gasteiger charge is 2.46. The number of carbonyl (C=O) groups excluding carboxylic acids is 1. The minimum atomic E-state index is -3.96. The Bertz CT molecular complexity index is 1700. The summed E-state index contributed by atoms with van der Waals surface area (Å²) in [7, 11) is -2.11. The van der Waals surface area contributed by atoms with Gasteiger partial charge in [0.15, 0.2) is 0 Å². The van der Waals surface area contributed by atoms with E-state index in [0.29, 0.717) is 30.8 Å². The summed E-state index contributed by atoms with van der Waals surface area (Å²) in [4.78, 5) is 19.8. The van der Waals surface area contributed by atoms with Crippen LogP contribution in [0.1, 0.15) is 47.3 Å². The molecule has 0 bridgehead atoms. The molecule has 1 aromatic heterocycles. The Labute approximate surface area is 231 Å². The Morgan fingerprint density at radius 3 is 2.58 bits per heavy atom. The van der Waals surface area contributed by atoms with Crippen LogP contribution in [0.5, 0.6) is 0 Å². The lowest BCUT2D eigenvalue weighted by Gasteiger charge is -2.25. The van der Waals surface area contributed by atoms with Crippen LogP contribution in [0.2, 0.25) is 0 Å². The number of sulfonamides is 1. The molecule has 1 N–H and O–H groups in total. The zero-order valence-corrected chi connectivity index (χ0v) is 22.6. The number of amides is 1. The molecule has 1 heterocycles. The third-order valence-corrected chi connectivity index (χ3v) is 9.26. The maximum absolute atomic E-state index is 13.9. The molecular weight excluding hydrogens is 534 g/mol. The van der Waals surface area contributed by atoms with Gasteiger partial charge in [-0.15, -0.1) is 0 Å². The SMILES string of the molecule is Cn1ccnc1CN(C(=O)[C@@H]1C[C@@H]1c1cccc(F)c1)c1ccc2c(c1)[C@@H](NS(=O)(=O)c1cccc(F)c1)CC2. The third-order valence-electron chi connectivity index (χ3n) is 7.79. The number of carbonyl (C=O) groups is 1. The molecule has 206 valence electrons. The Kier molecular flexibility index (Phi) is 6.75. The molecular formula is C30H28F2N4O3S. The van der Waals surface area contributed by atoms with Gasteiger partial charge in [-0.2, -0.15) is 0 Å². The topological polar surface area (TPSA) is 84.3 Å². The molecule has 3 aromatic carbocycles. The summed E-state index contributed by atoms with van der Waals surface area (Å²) in [6.07, 6.45) is 5.32. The van der Waals surface area contributed by atoms with Crippen molar-refractivity contribution in [2.24, 2.45) is 13.0 Å². The number of imidazole rings is 1. The van der Waals surface area contributed by atoms with Crippen molar-refractivity contribution >= 4 is 21.6 Å². The van der Waals surface area contributed by atoms with E-state index in [2.05, 4.69) is 9.71 Å². The van der Waals surface area contributed by atoms with Gasteiger partial charge in [0.05, 0.1) is 11.4 Å². The lowest BCUT2D eigenvalue weighted by atomic mass is 10.1. The Morgan fingerprint density at radius 1 is 1.07 bits per heavy atom. The monoisotopic (exact) mass is 562 g/mol. The van der Waals surface area contributed by atoms with Gasteiger partial charge in [-0.3, -0.25) is 4.79 Å². The lowest BCUT2D eigenvalue weighted by Crippen LogP contribution is -2.33. The molecule has 10 heteroatoms. The average molecular weight is 563 g/mol. The van der Waals surface area contributed by atoms with E-state index in [9.17, 15) is 22.0 Å². The summed E-state index contributed by atoms with van der Waals surface area (Å²) >= 11 is 0. The summed E-state index contributed by atoms with van der Waals surface area (Å²) < 4.78 is 58.2. The minimum Gasteiger partial charge on any atom is -0.337 e. The largest absolute Gasteiger partial charge is 0.337 e. The van der Waals surface area contributed by atoms with Gasteiger partial charge in [-0.05, 0) is 84.3 Å². The van der Waals surface area contributed by atoms with Crippen LogP contribution in [-0.4, -0.2) is 23.9 Å². The van der Waals surface area contributed by atoms with Crippen LogP contribution in [0, 0.1) is 17.6 Å².